The van der Waals surface area contributed by atoms with Gasteiger partial charge in [-0.2, -0.15) is 0 Å². The molecule has 1 aliphatic rings. The van der Waals surface area contributed by atoms with E-state index in [1.807, 2.05) is 24.3 Å². The molecule has 1 aliphatic heterocycles. The third-order valence-corrected chi connectivity index (χ3v) is 4.47. The minimum Gasteiger partial charge on any atom is -0.508 e. The number of halogens is 3. The van der Waals surface area contributed by atoms with Gasteiger partial charge in [0.1, 0.15) is 36.2 Å². The van der Waals surface area contributed by atoms with E-state index in [1.54, 1.807) is 30.3 Å². The van der Waals surface area contributed by atoms with E-state index in [9.17, 15) is 18.3 Å². The molecule has 0 fully saturated rings. The number of fused-ring (bicyclic) bond motifs is 1. The number of hydrogen-bond donors (Lipinski definition) is 1. The molecule has 4 rings (SSSR count). The van der Waals surface area contributed by atoms with Crippen LogP contribution in [-0.2, 0) is 6.61 Å². The van der Waals surface area contributed by atoms with Crippen molar-refractivity contribution in [3.05, 3.63) is 83.4 Å². The summed E-state index contributed by atoms with van der Waals surface area (Å²) in [6, 6.07) is 17.9. The van der Waals surface area contributed by atoms with Gasteiger partial charge in [0, 0.05) is 11.6 Å². The van der Waals surface area contributed by atoms with Crippen LogP contribution in [0, 0.1) is 0 Å². The molecule has 0 saturated heterocycles. The molecule has 0 radical (unpaired) electrons. The van der Waals surface area contributed by atoms with Crippen molar-refractivity contribution < 1.29 is 32.5 Å². The quantitative estimate of drug-likeness (QED) is 0.573. The zero-order valence-electron chi connectivity index (χ0n) is 15.6. The van der Waals surface area contributed by atoms with Crippen molar-refractivity contribution >= 4 is 11.6 Å². The summed E-state index contributed by atoms with van der Waals surface area (Å²) in [4.78, 5) is 0. The van der Waals surface area contributed by atoms with Crippen LogP contribution in [0.5, 0.6) is 23.0 Å². The highest BCUT2D eigenvalue weighted by Crippen LogP contribution is 2.34. The second-order valence-electron chi connectivity index (χ2n) is 6.69. The van der Waals surface area contributed by atoms with Gasteiger partial charge >= 0.3 is 6.36 Å². The van der Waals surface area contributed by atoms with Gasteiger partial charge in [0.15, 0.2) is 0 Å². The van der Waals surface area contributed by atoms with Crippen LogP contribution in [-0.4, -0.2) is 18.1 Å². The zero-order valence-corrected chi connectivity index (χ0v) is 15.6. The number of hydrogen-bond acceptors (Lipinski definition) is 4. The van der Waals surface area contributed by atoms with Crippen molar-refractivity contribution in [3.63, 3.8) is 0 Å². The van der Waals surface area contributed by atoms with E-state index >= 15 is 0 Å². The molecule has 0 aliphatic carbocycles. The third-order valence-electron chi connectivity index (χ3n) is 4.47. The van der Waals surface area contributed by atoms with Crippen LogP contribution >= 0.6 is 0 Å². The van der Waals surface area contributed by atoms with Crippen molar-refractivity contribution in [3.8, 4) is 23.0 Å². The predicted octanol–water partition coefficient (Wildman–Crippen LogP) is 5.80. The van der Waals surface area contributed by atoms with Crippen molar-refractivity contribution in [2.75, 3.05) is 6.61 Å². The second-order valence-corrected chi connectivity index (χ2v) is 6.69. The number of rotatable bonds is 5. The molecule has 3 aromatic carbocycles. The highest BCUT2D eigenvalue weighted by Gasteiger charge is 2.31. The average Bonchev–Trinajstić information content (AvgIpc) is 2.71. The number of alkyl halides is 3. The zero-order chi connectivity index (χ0) is 21.1. The molecule has 3 aromatic rings. The van der Waals surface area contributed by atoms with Crippen LogP contribution in [0.2, 0.25) is 0 Å². The maximum absolute atomic E-state index is 12.4. The fourth-order valence-electron chi connectivity index (χ4n) is 3.07. The largest absolute Gasteiger partial charge is 0.573 e. The van der Waals surface area contributed by atoms with Gasteiger partial charge in [0.05, 0.1) is 0 Å². The van der Waals surface area contributed by atoms with Crippen LogP contribution in [0.3, 0.4) is 0 Å². The number of phenolic OH excluding ortho intramolecular Hbond substituents is 1. The Balaban J connectivity index is 1.44. The molecule has 7 heteroatoms. The van der Waals surface area contributed by atoms with Gasteiger partial charge in [-0.05, 0) is 59.2 Å². The molecule has 0 aromatic heterocycles. The Morgan fingerprint density at radius 3 is 2.50 bits per heavy atom. The third kappa shape index (κ3) is 4.86. The van der Waals surface area contributed by atoms with E-state index in [2.05, 4.69) is 4.74 Å². The van der Waals surface area contributed by atoms with Gasteiger partial charge in [0.25, 0.3) is 0 Å². The molecule has 1 N–H and O–H groups in total. The van der Waals surface area contributed by atoms with E-state index in [0.717, 1.165) is 16.7 Å². The van der Waals surface area contributed by atoms with Crippen LogP contribution in [0.1, 0.15) is 16.7 Å². The second kappa shape index (κ2) is 8.02. The first-order valence-electron chi connectivity index (χ1n) is 9.10. The van der Waals surface area contributed by atoms with Crippen molar-refractivity contribution in [1.29, 1.82) is 0 Å². The van der Waals surface area contributed by atoms with E-state index in [-0.39, 0.29) is 18.1 Å². The lowest BCUT2D eigenvalue weighted by atomic mass is 10.0. The van der Waals surface area contributed by atoms with Crippen molar-refractivity contribution in [2.45, 2.75) is 13.0 Å². The normalized spacial score (nSPS) is 13.1. The Labute approximate surface area is 170 Å². The molecule has 0 atom stereocenters. The Bertz CT molecular complexity index is 1070. The summed E-state index contributed by atoms with van der Waals surface area (Å²) in [6.45, 7) is 0.459. The van der Waals surface area contributed by atoms with E-state index < -0.39 is 6.36 Å². The highest BCUT2D eigenvalue weighted by molar-refractivity contribution is 5.85. The minimum absolute atomic E-state index is 0.0858. The smallest absolute Gasteiger partial charge is 0.508 e. The molecule has 0 bridgehead atoms. The number of phenols is 1. The molecule has 0 amide bonds. The summed E-state index contributed by atoms with van der Waals surface area (Å²) in [7, 11) is 0. The highest BCUT2D eigenvalue weighted by atomic mass is 19.4. The Morgan fingerprint density at radius 1 is 0.933 bits per heavy atom. The Hall–Kier alpha value is -3.61. The summed E-state index contributed by atoms with van der Waals surface area (Å²) in [5, 5.41) is 9.42. The van der Waals surface area contributed by atoms with E-state index in [4.69, 9.17) is 9.47 Å². The van der Waals surface area contributed by atoms with Crippen LogP contribution in [0.15, 0.2) is 66.7 Å². The SMILES string of the molecule is Oc1ccc(C2=Cc3ccc(OCc4cccc(OC(F)(F)F)c4)cc3OC2)cc1. The average molecular weight is 414 g/mol. The van der Waals surface area contributed by atoms with E-state index in [1.165, 1.54) is 18.2 Å². The minimum atomic E-state index is -4.73. The topological polar surface area (TPSA) is 47.9 Å². The lowest BCUT2D eigenvalue weighted by Gasteiger charge is -2.19. The van der Waals surface area contributed by atoms with Crippen molar-refractivity contribution in [2.24, 2.45) is 0 Å². The summed E-state index contributed by atoms with van der Waals surface area (Å²) in [6.07, 6.45) is -2.73. The van der Waals surface area contributed by atoms with Gasteiger partial charge in [-0.15, -0.1) is 13.2 Å². The van der Waals surface area contributed by atoms with Gasteiger partial charge in [-0.25, -0.2) is 0 Å². The summed E-state index contributed by atoms with van der Waals surface area (Å²) in [5.41, 5.74) is 3.37. The Kier molecular flexibility index (Phi) is 5.27. The van der Waals surface area contributed by atoms with Gasteiger partial charge < -0.3 is 19.3 Å². The monoisotopic (exact) mass is 414 g/mol. The number of benzene rings is 3. The van der Waals surface area contributed by atoms with Gasteiger partial charge in [0.2, 0.25) is 0 Å². The number of aromatic hydroxyl groups is 1. The van der Waals surface area contributed by atoms with Crippen LogP contribution in [0.4, 0.5) is 13.2 Å². The molecular formula is C23H17F3O4. The van der Waals surface area contributed by atoms with E-state index in [0.29, 0.717) is 23.7 Å². The maximum Gasteiger partial charge on any atom is 0.573 e. The first-order valence-corrected chi connectivity index (χ1v) is 9.10. The molecular weight excluding hydrogens is 397 g/mol. The lowest BCUT2D eigenvalue weighted by Crippen LogP contribution is -2.17. The first kappa shape index (κ1) is 19.7. The summed E-state index contributed by atoms with van der Waals surface area (Å²) >= 11 is 0. The fourth-order valence-corrected chi connectivity index (χ4v) is 3.07. The predicted molar refractivity (Wildman–Crippen MR) is 105 cm³/mol. The van der Waals surface area contributed by atoms with Crippen LogP contribution in [0.25, 0.3) is 11.6 Å². The van der Waals surface area contributed by atoms with Crippen LogP contribution < -0.4 is 14.2 Å². The molecule has 4 nitrogen and oxygen atoms in total. The fraction of sp³-hybridized carbons (Fsp3) is 0.130. The van der Waals surface area contributed by atoms with Gasteiger partial charge in [-0.1, -0.05) is 24.3 Å². The molecule has 0 unspecified atom stereocenters. The lowest BCUT2D eigenvalue weighted by molar-refractivity contribution is -0.274. The van der Waals surface area contributed by atoms with Crippen molar-refractivity contribution in [1.82, 2.24) is 0 Å². The molecule has 0 spiro atoms. The van der Waals surface area contributed by atoms with Gasteiger partial charge in [-0.3, -0.25) is 0 Å². The summed E-state index contributed by atoms with van der Waals surface area (Å²) in [5.74, 6) is 1.11. The standard InChI is InChI=1S/C23H17F3O4/c24-23(25,26)30-21-3-1-2-15(10-21)13-28-20-9-6-17-11-18(14-29-22(17)12-20)16-4-7-19(27)8-5-16/h1-12,27H,13-14H2. The molecule has 0 saturated carbocycles. The first-order chi connectivity index (χ1) is 14.4. The molecule has 30 heavy (non-hydrogen) atoms. The molecule has 154 valence electrons. The molecule has 1 heterocycles. The maximum atomic E-state index is 12.4. The summed E-state index contributed by atoms with van der Waals surface area (Å²) < 4.78 is 52.5. The Morgan fingerprint density at radius 2 is 1.73 bits per heavy atom. The number of ether oxygens (including phenoxy) is 3.